The Morgan fingerprint density at radius 2 is 2.14 bits per heavy atom. The lowest BCUT2D eigenvalue weighted by atomic mass is 9.92. The molecule has 158 valence electrons. The average molecular weight is 426 g/mol. The summed E-state index contributed by atoms with van der Waals surface area (Å²) >= 11 is 0. The van der Waals surface area contributed by atoms with Crippen LogP contribution in [0.15, 0.2) is 23.1 Å². The number of halogens is 1. The summed E-state index contributed by atoms with van der Waals surface area (Å²) in [7, 11) is -3.59. The van der Waals surface area contributed by atoms with Gasteiger partial charge in [0.15, 0.2) is 9.84 Å². The minimum atomic E-state index is -3.59. The van der Waals surface area contributed by atoms with Crippen molar-refractivity contribution in [3.63, 3.8) is 0 Å². The maximum Gasteiger partial charge on any atom is 0.345 e. The van der Waals surface area contributed by atoms with Crippen molar-refractivity contribution in [1.82, 2.24) is 9.78 Å². The first-order valence-corrected chi connectivity index (χ1v) is 10.8. The molecule has 1 atom stereocenters. The zero-order chi connectivity index (χ0) is 21.4. The Labute approximate surface area is 168 Å². The number of hydrogen-bond acceptors (Lipinski definition) is 7. The van der Waals surface area contributed by atoms with Crippen molar-refractivity contribution in [2.45, 2.75) is 32.2 Å². The predicted molar refractivity (Wildman–Crippen MR) is 102 cm³/mol. The van der Waals surface area contributed by atoms with Gasteiger partial charge in [0.2, 0.25) is 5.88 Å². The van der Waals surface area contributed by atoms with Crippen molar-refractivity contribution in [3.05, 3.63) is 29.6 Å². The molecule has 10 heteroatoms. The molecule has 3 rings (SSSR count). The van der Waals surface area contributed by atoms with E-state index in [-0.39, 0.29) is 59.7 Å². The summed E-state index contributed by atoms with van der Waals surface area (Å²) in [5.74, 6) is -1.58. The third-order valence-electron chi connectivity index (χ3n) is 4.79. The molecule has 0 fully saturated rings. The highest BCUT2D eigenvalue weighted by Crippen LogP contribution is 2.38. The standard InChI is InChI=1S/C19H23FN2O6S/c1-4-27-18(24)15-16(21-22-9-19(3,10-23)11-28-17(15)22)13-7-6-12(8-14(13)20)29(25,26)5-2/h6-8,23H,4-5,9-11H2,1-3H3/t19-/m0/s1. The minimum absolute atomic E-state index is 0.00131. The second kappa shape index (κ2) is 7.75. The zero-order valence-electron chi connectivity index (χ0n) is 16.4. The number of nitrogens with zero attached hydrogens (tertiary/aromatic N) is 2. The predicted octanol–water partition coefficient (Wildman–Crippen LogP) is 2.05. The van der Waals surface area contributed by atoms with Crippen molar-refractivity contribution < 1.29 is 32.2 Å². The van der Waals surface area contributed by atoms with Gasteiger partial charge in [-0.1, -0.05) is 13.8 Å². The summed E-state index contributed by atoms with van der Waals surface area (Å²) in [4.78, 5) is 12.4. The first-order chi connectivity index (χ1) is 13.7. The van der Waals surface area contributed by atoms with E-state index in [9.17, 15) is 22.7 Å². The zero-order valence-corrected chi connectivity index (χ0v) is 17.3. The molecular formula is C19H23FN2O6S. The van der Waals surface area contributed by atoms with E-state index in [2.05, 4.69) is 5.10 Å². The van der Waals surface area contributed by atoms with Crippen LogP contribution in [0.2, 0.25) is 0 Å². The fraction of sp³-hybridized carbons (Fsp3) is 0.474. The van der Waals surface area contributed by atoms with Crippen molar-refractivity contribution in [3.8, 4) is 17.1 Å². The first kappa shape index (κ1) is 21.3. The lowest BCUT2D eigenvalue weighted by molar-refractivity contribution is 0.0281. The number of hydrogen-bond donors (Lipinski definition) is 1. The summed E-state index contributed by atoms with van der Waals surface area (Å²) in [6.07, 6.45) is 0. The van der Waals surface area contributed by atoms with Crippen LogP contribution in [-0.4, -0.2) is 54.8 Å². The van der Waals surface area contributed by atoms with E-state index < -0.39 is 27.0 Å². The van der Waals surface area contributed by atoms with Gasteiger partial charge < -0.3 is 14.6 Å². The number of aliphatic hydroxyl groups is 1. The van der Waals surface area contributed by atoms with Gasteiger partial charge in [-0.25, -0.2) is 22.3 Å². The average Bonchev–Trinajstić information content (AvgIpc) is 3.05. The molecule has 1 aliphatic heterocycles. The van der Waals surface area contributed by atoms with Gasteiger partial charge in [-0.3, -0.25) is 0 Å². The number of esters is 1. The van der Waals surface area contributed by atoms with Crippen molar-refractivity contribution >= 4 is 15.8 Å². The Bertz CT molecular complexity index is 1050. The third-order valence-corrected chi connectivity index (χ3v) is 6.52. The first-order valence-electron chi connectivity index (χ1n) is 9.20. The maximum atomic E-state index is 14.9. The molecule has 0 aliphatic carbocycles. The second-order valence-electron chi connectivity index (χ2n) is 7.21. The topological polar surface area (TPSA) is 108 Å². The SMILES string of the molecule is CCOC(=O)c1c(-c2ccc(S(=O)(=O)CC)cc2F)nn2c1OC[C@](C)(CO)C2. The monoisotopic (exact) mass is 426 g/mol. The molecule has 1 aliphatic rings. The van der Waals surface area contributed by atoms with Gasteiger partial charge in [-0.15, -0.1) is 0 Å². The number of carbonyl (C=O) groups is 1. The molecule has 29 heavy (non-hydrogen) atoms. The summed E-state index contributed by atoms with van der Waals surface area (Å²) in [5, 5.41) is 13.9. The Balaban J connectivity index is 2.16. The van der Waals surface area contributed by atoms with Crippen LogP contribution in [0.5, 0.6) is 5.88 Å². The molecule has 0 saturated heterocycles. The normalized spacial score (nSPS) is 18.8. The number of aliphatic hydroxyl groups excluding tert-OH is 1. The number of carbonyl (C=O) groups excluding carboxylic acids is 1. The smallest absolute Gasteiger partial charge is 0.345 e. The molecule has 1 aromatic carbocycles. The van der Waals surface area contributed by atoms with Gasteiger partial charge in [-0.2, -0.15) is 5.10 Å². The lowest BCUT2D eigenvalue weighted by Gasteiger charge is -2.32. The molecule has 0 spiro atoms. The Morgan fingerprint density at radius 1 is 1.41 bits per heavy atom. The summed E-state index contributed by atoms with van der Waals surface area (Å²) in [5.41, 5.74) is -0.686. The Kier molecular flexibility index (Phi) is 5.68. The summed E-state index contributed by atoms with van der Waals surface area (Å²) < 4.78 is 51.1. The highest BCUT2D eigenvalue weighted by molar-refractivity contribution is 7.91. The van der Waals surface area contributed by atoms with E-state index in [1.807, 2.05) is 0 Å². The van der Waals surface area contributed by atoms with Crippen LogP contribution in [0.1, 0.15) is 31.1 Å². The van der Waals surface area contributed by atoms with E-state index in [1.165, 1.54) is 23.7 Å². The van der Waals surface area contributed by atoms with Crippen molar-refractivity contribution in [1.29, 1.82) is 0 Å². The fourth-order valence-corrected chi connectivity index (χ4v) is 3.96. The number of fused-ring (bicyclic) bond motifs is 1. The lowest BCUT2D eigenvalue weighted by Crippen LogP contribution is -2.38. The summed E-state index contributed by atoms with van der Waals surface area (Å²) in [6.45, 7) is 5.27. The molecule has 8 nitrogen and oxygen atoms in total. The van der Waals surface area contributed by atoms with E-state index >= 15 is 0 Å². The van der Waals surface area contributed by atoms with Crippen LogP contribution in [-0.2, 0) is 21.1 Å². The van der Waals surface area contributed by atoms with E-state index in [0.717, 1.165) is 6.07 Å². The van der Waals surface area contributed by atoms with E-state index in [4.69, 9.17) is 9.47 Å². The minimum Gasteiger partial charge on any atom is -0.476 e. The van der Waals surface area contributed by atoms with Crippen molar-refractivity contribution in [2.75, 3.05) is 25.6 Å². The summed E-state index contributed by atoms with van der Waals surface area (Å²) in [6, 6.07) is 3.48. The Morgan fingerprint density at radius 3 is 2.72 bits per heavy atom. The molecule has 2 aromatic rings. The van der Waals surface area contributed by atoms with Crippen LogP contribution < -0.4 is 4.74 Å². The number of benzene rings is 1. The third kappa shape index (κ3) is 3.86. The molecule has 0 bridgehead atoms. The number of ether oxygens (including phenoxy) is 2. The van der Waals surface area contributed by atoms with Crippen molar-refractivity contribution in [2.24, 2.45) is 5.41 Å². The van der Waals surface area contributed by atoms with Crippen LogP contribution in [0.25, 0.3) is 11.3 Å². The number of sulfone groups is 1. The highest BCUT2D eigenvalue weighted by Gasteiger charge is 2.37. The molecular weight excluding hydrogens is 403 g/mol. The van der Waals surface area contributed by atoms with Crippen LogP contribution in [0.3, 0.4) is 0 Å². The number of aromatic nitrogens is 2. The van der Waals surface area contributed by atoms with E-state index in [0.29, 0.717) is 0 Å². The van der Waals surface area contributed by atoms with Gasteiger partial charge in [-0.05, 0) is 25.1 Å². The molecule has 0 radical (unpaired) electrons. The molecule has 0 saturated carbocycles. The second-order valence-corrected chi connectivity index (χ2v) is 9.49. The van der Waals surface area contributed by atoms with Crippen LogP contribution in [0, 0.1) is 11.2 Å². The van der Waals surface area contributed by atoms with Gasteiger partial charge >= 0.3 is 5.97 Å². The maximum absolute atomic E-state index is 14.9. The van der Waals surface area contributed by atoms with Crippen LogP contribution in [0.4, 0.5) is 4.39 Å². The number of rotatable bonds is 6. The molecule has 0 amide bonds. The van der Waals surface area contributed by atoms with Gasteiger partial charge in [0.25, 0.3) is 0 Å². The van der Waals surface area contributed by atoms with Gasteiger partial charge in [0.1, 0.15) is 17.1 Å². The molecule has 1 aromatic heterocycles. The van der Waals surface area contributed by atoms with Gasteiger partial charge in [0.05, 0.1) is 37.0 Å². The Hall–Kier alpha value is -2.46. The largest absolute Gasteiger partial charge is 0.476 e. The van der Waals surface area contributed by atoms with Crippen LogP contribution >= 0.6 is 0 Å². The molecule has 1 N–H and O–H groups in total. The fourth-order valence-electron chi connectivity index (χ4n) is 3.07. The van der Waals surface area contributed by atoms with Gasteiger partial charge in [0, 0.05) is 11.0 Å². The molecule has 0 unspecified atom stereocenters. The quantitative estimate of drug-likeness (QED) is 0.705. The highest BCUT2D eigenvalue weighted by atomic mass is 32.2. The molecule has 2 heterocycles. The van der Waals surface area contributed by atoms with E-state index in [1.54, 1.807) is 13.8 Å².